The van der Waals surface area contributed by atoms with Gasteiger partial charge in [0, 0.05) is 17.7 Å². The molecule has 2 N–H and O–H groups in total. The van der Waals surface area contributed by atoms with Crippen LogP contribution in [0.15, 0.2) is 21.9 Å². The summed E-state index contributed by atoms with van der Waals surface area (Å²) in [6.07, 6.45) is 8.95. The summed E-state index contributed by atoms with van der Waals surface area (Å²) in [5.74, 6) is -0.437. The third kappa shape index (κ3) is 5.27. The smallest absolute Gasteiger partial charge is 0.410 e. The van der Waals surface area contributed by atoms with Gasteiger partial charge >= 0.3 is 12.1 Å². The van der Waals surface area contributed by atoms with Gasteiger partial charge in [-0.15, -0.1) is 11.3 Å². The van der Waals surface area contributed by atoms with E-state index >= 15 is 0 Å². The van der Waals surface area contributed by atoms with Crippen LogP contribution in [0.1, 0.15) is 55.9 Å². The van der Waals surface area contributed by atoms with E-state index in [-0.39, 0.29) is 23.9 Å². The molecular formula is C19H26N2O5S2. The first-order valence-electron chi connectivity index (χ1n) is 9.56. The minimum atomic E-state index is -1.04. The second-order valence-corrected chi connectivity index (χ2v) is 9.54. The predicted octanol–water partition coefficient (Wildman–Crippen LogP) is 3.78. The molecule has 1 aromatic rings. The molecule has 28 heavy (non-hydrogen) atoms. The van der Waals surface area contributed by atoms with Crippen molar-refractivity contribution < 1.29 is 24.5 Å². The van der Waals surface area contributed by atoms with Crippen LogP contribution in [0.4, 0.5) is 4.79 Å². The number of carbonyl (C=O) groups excluding carboxylic acids is 1. The molecule has 9 heteroatoms. The van der Waals surface area contributed by atoms with Gasteiger partial charge in [0.05, 0.1) is 11.6 Å². The topological polar surface area (TPSA) is 100.0 Å². The Labute approximate surface area is 172 Å². The minimum Gasteiger partial charge on any atom is -0.476 e. The van der Waals surface area contributed by atoms with Crippen molar-refractivity contribution in [1.82, 2.24) is 9.88 Å². The molecule has 1 saturated carbocycles. The zero-order valence-electron chi connectivity index (χ0n) is 15.9. The van der Waals surface area contributed by atoms with Crippen LogP contribution in [-0.2, 0) is 4.74 Å². The summed E-state index contributed by atoms with van der Waals surface area (Å²) in [5, 5.41) is 21.1. The Bertz CT molecular complexity index is 730. The molecule has 2 atom stereocenters. The molecule has 2 heterocycles. The summed E-state index contributed by atoms with van der Waals surface area (Å²) in [6.45, 7) is 2.35. The van der Waals surface area contributed by atoms with Crippen LogP contribution < -0.4 is 0 Å². The fourth-order valence-electron chi connectivity index (χ4n) is 3.67. The molecule has 1 aliphatic heterocycles. The molecule has 1 amide bonds. The number of nitrogens with zero attached hydrogens (tertiary/aromatic N) is 2. The number of carbonyl (C=O) groups is 2. The monoisotopic (exact) mass is 426 g/mol. The minimum absolute atomic E-state index is 0.0446. The number of hydrogen-bond donors (Lipinski definition) is 2. The number of hydrogen-bond acceptors (Lipinski definition) is 7. The van der Waals surface area contributed by atoms with E-state index in [4.69, 9.17) is 9.84 Å². The summed E-state index contributed by atoms with van der Waals surface area (Å²) >= 11 is 2.71. The number of thioether (sulfide) groups is 1. The molecular weight excluding hydrogens is 400 g/mol. The van der Waals surface area contributed by atoms with Gasteiger partial charge in [0.1, 0.15) is 6.10 Å². The lowest BCUT2D eigenvalue weighted by Crippen LogP contribution is -2.36. The van der Waals surface area contributed by atoms with Crippen molar-refractivity contribution in [3.8, 4) is 0 Å². The van der Waals surface area contributed by atoms with E-state index in [9.17, 15) is 14.7 Å². The Morgan fingerprint density at radius 3 is 2.89 bits per heavy atom. The number of aromatic carboxylic acids is 1. The zero-order valence-corrected chi connectivity index (χ0v) is 17.5. The lowest BCUT2D eigenvalue weighted by Gasteiger charge is -2.31. The van der Waals surface area contributed by atoms with Gasteiger partial charge in [0.25, 0.3) is 0 Å². The number of thiazole rings is 1. The maximum atomic E-state index is 12.2. The summed E-state index contributed by atoms with van der Waals surface area (Å²) in [6, 6.07) is -0.161. The van der Waals surface area contributed by atoms with E-state index in [0.29, 0.717) is 23.1 Å². The maximum absolute atomic E-state index is 12.2. The van der Waals surface area contributed by atoms with Crippen LogP contribution in [0.5, 0.6) is 0 Å². The van der Waals surface area contributed by atoms with Crippen molar-refractivity contribution in [3.63, 3.8) is 0 Å². The third-order valence-corrected chi connectivity index (χ3v) is 7.24. The normalized spacial score (nSPS) is 24.6. The van der Waals surface area contributed by atoms with Crippen molar-refractivity contribution in [3.05, 3.63) is 23.2 Å². The van der Waals surface area contributed by atoms with Gasteiger partial charge < -0.3 is 14.9 Å². The van der Waals surface area contributed by atoms with Crippen LogP contribution in [0.3, 0.4) is 0 Å². The first-order valence-corrected chi connectivity index (χ1v) is 11.4. The first kappa shape index (κ1) is 21.1. The fraction of sp³-hybridized carbons (Fsp3) is 0.632. The number of carboxylic acid groups (broad SMARTS) is 1. The molecule has 3 rings (SSSR count). The molecule has 7 nitrogen and oxygen atoms in total. The van der Waals surface area contributed by atoms with Crippen molar-refractivity contribution in [1.29, 1.82) is 0 Å². The lowest BCUT2D eigenvalue weighted by molar-refractivity contribution is 0.00680. The SMILES string of the molecule is C[C@@H]1OC(=O)N(CCSc2nc(C(=O)O)cs2)[C@H]1C=CCC1(O)CCCCC1. The van der Waals surface area contributed by atoms with E-state index < -0.39 is 11.6 Å². The molecule has 1 aromatic heterocycles. The molecule has 1 saturated heterocycles. The van der Waals surface area contributed by atoms with Crippen LogP contribution in [0.25, 0.3) is 0 Å². The van der Waals surface area contributed by atoms with Gasteiger partial charge in [-0.2, -0.15) is 0 Å². The van der Waals surface area contributed by atoms with Crippen molar-refractivity contribution in [2.24, 2.45) is 0 Å². The average Bonchev–Trinajstić information content (AvgIpc) is 3.22. The number of amides is 1. The number of ether oxygens (including phenoxy) is 1. The van der Waals surface area contributed by atoms with E-state index in [1.165, 1.54) is 34.9 Å². The highest BCUT2D eigenvalue weighted by Crippen LogP contribution is 2.32. The predicted molar refractivity (Wildman–Crippen MR) is 108 cm³/mol. The molecule has 0 unspecified atom stereocenters. The maximum Gasteiger partial charge on any atom is 0.410 e. The summed E-state index contributed by atoms with van der Waals surface area (Å²) in [4.78, 5) is 28.8. The van der Waals surface area contributed by atoms with Crippen LogP contribution in [-0.4, -0.2) is 62.2 Å². The molecule has 0 spiro atoms. The molecule has 0 aromatic carbocycles. The van der Waals surface area contributed by atoms with Gasteiger partial charge in [-0.1, -0.05) is 43.2 Å². The molecule has 0 radical (unpaired) electrons. The van der Waals surface area contributed by atoms with Crippen LogP contribution in [0, 0.1) is 0 Å². The summed E-state index contributed by atoms with van der Waals surface area (Å²) < 4.78 is 6.04. The van der Waals surface area contributed by atoms with Gasteiger partial charge in [-0.25, -0.2) is 14.6 Å². The van der Waals surface area contributed by atoms with Gasteiger partial charge in [-0.3, -0.25) is 4.90 Å². The summed E-state index contributed by atoms with van der Waals surface area (Å²) in [5.41, 5.74) is -0.572. The van der Waals surface area contributed by atoms with E-state index in [1.54, 1.807) is 4.90 Å². The van der Waals surface area contributed by atoms with E-state index in [1.807, 2.05) is 19.1 Å². The van der Waals surface area contributed by atoms with Gasteiger partial charge in [0.15, 0.2) is 10.0 Å². The van der Waals surface area contributed by atoms with E-state index in [0.717, 1.165) is 25.7 Å². The van der Waals surface area contributed by atoms with Crippen molar-refractivity contribution in [2.75, 3.05) is 12.3 Å². The van der Waals surface area contributed by atoms with Gasteiger partial charge in [0.2, 0.25) is 0 Å². The molecule has 2 fully saturated rings. The number of cyclic esters (lactones) is 1. The quantitative estimate of drug-likeness (QED) is 0.482. The Balaban J connectivity index is 1.53. The second kappa shape index (κ2) is 9.28. The highest BCUT2D eigenvalue weighted by Gasteiger charge is 2.37. The molecule has 154 valence electrons. The van der Waals surface area contributed by atoms with Crippen molar-refractivity contribution in [2.45, 2.75) is 67.5 Å². The first-order chi connectivity index (χ1) is 13.4. The van der Waals surface area contributed by atoms with Crippen LogP contribution in [0.2, 0.25) is 0 Å². The van der Waals surface area contributed by atoms with Crippen LogP contribution >= 0.6 is 23.1 Å². The Hall–Kier alpha value is -1.58. The standard InChI is InChI=1S/C19H26N2O5S2/c1-13-15(6-5-9-19(25)7-3-2-4-8-19)21(18(24)26-13)10-11-27-17-20-14(12-28-17)16(22)23/h5-6,12-13,15,25H,2-4,7-11H2,1H3,(H,22,23)/t13-,15-/m0/s1. The molecule has 1 aliphatic carbocycles. The van der Waals surface area contributed by atoms with E-state index in [2.05, 4.69) is 4.98 Å². The fourth-order valence-corrected chi connectivity index (χ4v) is 5.48. The number of aliphatic hydroxyl groups is 1. The second-order valence-electron chi connectivity index (χ2n) is 7.34. The highest BCUT2D eigenvalue weighted by atomic mass is 32.2. The Morgan fingerprint density at radius 2 is 2.21 bits per heavy atom. The summed E-state index contributed by atoms with van der Waals surface area (Å²) in [7, 11) is 0. The Morgan fingerprint density at radius 1 is 1.46 bits per heavy atom. The van der Waals surface area contributed by atoms with Crippen molar-refractivity contribution >= 4 is 35.2 Å². The Kier molecular flexibility index (Phi) is 7.00. The lowest BCUT2D eigenvalue weighted by atomic mass is 9.82. The number of carboxylic acids is 1. The molecule has 2 aliphatic rings. The largest absolute Gasteiger partial charge is 0.476 e. The zero-order chi connectivity index (χ0) is 20.1. The molecule has 0 bridgehead atoms. The number of rotatable bonds is 8. The van der Waals surface area contributed by atoms with Gasteiger partial charge in [-0.05, 0) is 26.2 Å². The highest BCUT2D eigenvalue weighted by molar-refractivity contribution is 8.01. The third-order valence-electron chi connectivity index (χ3n) is 5.24. The average molecular weight is 427 g/mol. The number of aromatic nitrogens is 1.